The van der Waals surface area contributed by atoms with Crippen LogP contribution in [0.4, 0.5) is 5.82 Å². The van der Waals surface area contributed by atoms with Crippen LogP contribution in [0.15, 0.2) is 52.3 Å². The Hall–Kier alpha value is -3.17. The van der Waals surface area contributed by atoms with E-state index in [4.69, 9.17) is 21.9 Å². The molecule has 186 valence electrons. The molecule has 0 saturated carbocycles. The van der Waals surface area contributed by atoms with Gasteiger partial charge in [-0.25, -0.2) is 4.98 Å². The molecule has 2 aromatic heterocycles. The summed E-state index contributed by atoms with van der Waals surface area (Å²) in [5.41, 5.74) is 2.75. The number of methoxy groups -OCH3 is 1. The number of piperidine rings is 1. The predicted octanol–water partition coefficient (Wildman–Crippen LogP) is 4.79. The van der Waals surface area contributed by atoms with E-state index < -0.39 is 0 Å². The number of fused-ring (bicyclic) bond motifs is 1. The number of rotatable bonds is 5. The van der Waals surface area contributed by atoms with Crippen LogP contribution < -0.4 is 15.2 Å². The number of thiocarbonyl (C=S) groups is 1. The summed E-state index contributed by atoms with van der Waals surface area (Å²) in [5.74, 6) is 1.19. The Labute approximate surface area is 219 Å². The lowest BCUT2D eigenvalue weighted by Crippen LogP contribution is -2.40. The van der Waals surface area contributed by atoms with E-state index in [0.29, 0.717) is 32.8 Å². The minimum Gasteiger partial charge on any atom is -0.497 e. The first-order valence-electron chi connectivity index (χ1n) is 12.0. The van der Waals surface area contributed by atoms with Crippen LogP contribution in [0.2, 0.25) is 0 Å². The Morgan fingerprint density at radius 2 is 1.97 bits per heavy atom. The number of hydrogen-bond donors (Lipinski definition) is 0. The zero-order valence-electron chi connectivity index (χ0n) is 20.6. The molecule has 1 unspecified atom stereocenters. The molecule has 2 saturated heterocycles. The third-order valence-electron chi connectivity index (χ3n) is 6.79. The molecule has 2 aliphatic heterocycles. The van der Waals surface area contributed by atoms with Gasteiger partial charge < -0.3 is 9.64 Å². The zero-order valence-corrected chi connectivity index (χ0v) is 22.2. The van der Waals surface area contributed by atoms with Gasteiger partial charge in [-0.15, -0.1) is 0 Å². The lowest BCUT2D eigenvalue weighted by Gasteiger charge is -2.35. The average Bonchev–Trinajstić information content (AvgIpc) is 3.14. The van der Waals surface area contributed by atoms with Crippen LogP contribution in [0, 0.1) is 6.92 Å². The molecule has 0 aliphatic carbocycles. The minimum atomic E-state index is -0.202. The number of pyridine rings is 1. The number of anilines is 1. The second-order valence-electron chi connectivity index (χ2n) is 9.19. The summed E-state index contributed by atoms with van der Waals surface area (Å²) >= 11 is 6.78. The molecule has 0 radical (unpaired) electrons. The summed E-state index contributed by atoms with van der Waals surface area (Å²) < 4.78 is 7.26. The van der Waals surface area contributed by atoms with Gasteiger partial charge >= 0.3 is 0 Å². The monoisotopic (exact) mass is 520 g/mol. The highest BCUT2D eigenvalue weighted by Crippen LogP contribution is 2.35. The van der Waals surface area contributed by atoms with Gasteiger partial charge in [0, 0.05) is 18.8 Å². The van der Waals surface area contributed by atoms with E-state index in [1.807, 2.05) is 43.3 Å². The molecule has 1 amide bonds. The minimum absolute atomic E-state index is 0.183. The molecule has 7 nitrogen and oxygen atoms in total. The third-order valence-corrected chi connectivity index (χ3v) is 8.17. The first kappa shape index (κ1) is 24.5. The summed E-state index contributed by atoms with van der Waals surface area (Å²) in [6.07, 6.45) is 6.66. The fraction of sp³-hybridized carbons (Fsp3) is 0.333. The molecule has 1 atom stereocenters. The van der Waals surface area contributed by atoms with Crippen molar-refractivity contribution in [1.29, 1.82) is 0 Å². The van der Waals surface area contributed by atoms with Gasteiger partial charge in [0.1, 0.15) is 21.5 Å². The average molecular weight is 521 g/mol. The van der Waals surface area contributed by atoms with E-state index in [0.717, 1.165) is 42.7 Å². The summed E-state index contributed by atoms with van der Waals surface area (Å²) in [7, 11) is 1.62. The lowest BCUT2D eigenvalue weighted by atomic mass is 10.0. The van der Waals surface area contributed by atoms with Crippen LogP contribution in [0.1, 0.15) is 42.9 Å². The van der Waals surface area contributed by atoms with E-state index in [-0.39, 0.29) is 17.5 Å². The maximum atomic E-state index is 13.7. The SMILES string of the molecule is COc1ccc(CN2C(=O)/C(=C\c3c(N4CCCCC4C)nc4c(C)cccn4c3=O)SC2=S)cc1. The highest BCUT2D eigenvalue weighted by atomic mass is 32.2. The molecular weight excluding hydrogens is 492 g/mol. The van der Waals surface area contributed by atoms with Crippen LogP contribution in [0.5, 0.6) is 5.75 Å². The number of nitrogens with zero attached hydrogens (tertiary/aromatic N) is 4. The van der Waals surface area contributed by atoms with E-state index in [2.05, 4.69) is 11.8 Å². The highest BCUT2D eigenvalue weighted by Gasteiger charge is 2.33. The Balaban J connectivity index is 1.56. The molecule has 2 aliphatic rings. The van der Waals surface area contributed by atoms with E-state index >= 15 is 0 Å². The van der Waals surface area contributed by atoms with Crippen LogP contribution in [-0.4, -0.2) is 44.2 Å². The molecule has 0 bridgehead atoms. The van der Waals surface area contributed by atoms with Gasteiger partial charge in [0.2, 0.25) is 0 Å². The lowest BCUT2D eigenvalue weighted by molar-refractivity contribution is -0.122. The number of carbonyl (C=O) groups excluding carboxylic acids is 1. The summed E-state index contributed by atoms with van der Waals surface area (Å²) in [5, 5.41) is 0. The first-order chi connectivity index (χ1) is 17.4. The fourth-order valence-electron chi connectivity index (χ4n) is 4.74. The van der Waals surface area contributed by atoms with Gasteiger partial charge in [0.25, 0.3) is 11.5 Å². The highest BCUT2D eigenvalue weighted by molar-refractivity contribution is 8.26. The van der Waals surface area contributed by atoms with Gasteiger partial charge in [-0.1, -0.05) is 42.2 Å². The van der Waals surface area contributed by atoms with Crippen molar-refractivity contribution in [3.05, 3.63) is 74.5 Å². The van der Waals surface area contributed by atoms with Crippen LogP contribution >= 0.6 is 24.0 Å². The Bertz CT molecular complexity index is 1430. The maximum absolute atomic E-state index is 13.7. The third kappa shape index (κ3) is 4.53. The number of benzene rings is 1. The largest absolute Gasteiger partial charge is 0.497 e. The van der Waals surface area contributed by atoms with Gasteiger partial charge in [0.15, 0.2) is 0 Å². The quantitative estimate of drug-likeness (QED) is 0.354. The number of amides is 1. The smallest absolute Gasteiger partial charge is 0.267 e. The van der Waals surface area contributed by atoms with Gasteiger partial charge in [-0.2, -0.15) is 0 Å². The van der Waals surface area contributed by atoms with Crippen LogP contribution in [0.25, 0.3) is 11.7 Å². The van der Waals surface area contributed by atoms with Crippen molar-refractivity contribution >= 4 is 51.7 Å². The van der Waals surface area contributed by atoms with Crippen molar-refractivity contribution in [2.24, 2.45) is 0 Å². The molecule has 5 rings (SSSR count). The van der Waals surface area contributed by atoms with Gasteiger partial charge in [0.05, 0.1) is 24.1 Å². The van der Waals surface area contributed by atoms with Crippen molar-refractivity contribution in [2.45, 2.75) is 45.7 Å². The molecular formula is C27H28N4O3S2. The van der Waals surface area contributed by atoms with Crippen LogP contribution in [0.3, 0.4) is 0 Å². The molecule has 9 heteroatoms. The van der Waals surface area contributed by atoms with Crippen molar-refractivity contribution in [1.82, 2.24) is 14.3 Å². The van der Waals surface area contributed by atoms with Crippen molar-refractivity contribution in [2.75, 3.05) is 18.6 Å². The van der Waals surface area contributed by atoms with Crippen LogP contribution in [-0.2, 0) is 11.3 Å². The van der Waals surface area contributed by atoms with Gasteiger partial charge in [-0.05, 0) is 68.5 Å². The molecule has 4 heterocycles. The number of hydrogen-bond acceptors (Lipinski definition) is 7. The first-order valence-corrected chi connectivity index (χ1v) is 13.3. The van der Waals surface area contributed by atoms with Crippen molar-refractivity contribution in [3.63, 3.8) is 0 Å². The topological polar surface area (TPSA) is 67.2 Å². The second-order valence-corrected chi connectivity index (χ2v) is 10.9. The summed E-state index contributed by atoms with van der Waals surface area (Å²) in [6.45, 7) is 5.30. The fourth-order valence-corrected chi connectivity index (χ4v) is 5.98. The van der Waals surface area contributed by atoms with Crippen molar-refractivity contribution < 1.29 is 9.53 Å². The summed E-state index contributed by atoms with van der Waals surface area (Å²) in [4.78, 5) is 36.3. The van der Waals surface area contributed by atoms with E-state index in [1.165, 1.54) is 11.8 Å². The number of thioether (sulfide) groups is 1. The van der Waals surface area contributed by atoms with Gasteiger partial charge in [-0.3, -0.25) is 18.9 Å². The predicted molar refractivity (Wildman–Crippen MR) is 149 cm³/mol. The molecule has 1 aromatic carbocycles. The molecule has 0 spiro atoms. The Kier molecular flexibility index (Phi) is 6.85. The zero-order chi connectivity index (χ0) is 25.4. The maximum Gasteiger partial charge on any atom is 0.267 e. The Morgan fingerprint density at radius 1 is 1.19 bits per heavy atom. The van der Waals surface area contributed by atoms with E-state index in [9.17, 15) is 9.59 Å². The normalized spacial score (nSPS) is 19.5. The molecule has 0 N–H and O–H groups in total. The standard InChI is InChI=1S/C27H28N4O3S2/c1-17-7-6-14-30-23(17)28-24(29-13-5-4-8-18(29)2)21(25(30)32)15-22-26(33)31(27(35)36-22)16-19-9-11-20(34-3)12-10-19/h6-7,9-12,14-15,18H,4-5,8,13,16H2,1-3H3/b22-15+. The Morgan fingerprint density at radius 3 is 2.69 bits per heavy atom. The number of aryl methyl sites for hydroxylation is 1. The number of ether oxygens (including phenoxy) is 1. The number of carbonyl (C=O) groups is 1. The molecule has 3 aromatic rings. The second kappa shape index (κ2) is 10.1. The van der Waals surface area contributed by atoms with E-state index in [1.54, 1.807) is 28.7 Å². The summed E-state index contributed by atoms with van der Waals surface area (Å²) in [6, 6.07) is 11.6. The number of aromatic nitrogens is 2. The molecule has 36 heavy (non-hydrogen) atoms. The van der Waals surface area contributed by atoms with Crippen molar-refractivity contribution in [3.8, 4) is 5.75 Å². The molecule has 2 fully saturated rings.